The Balaban J connectivity index is 1.47. The first-order valence-corrected chi connectivity index (χ1v) is 11.3. The topological polar surface area (TPSA) is 50.7 Å². The molecular formula is C25H25F3N4O2. The Morgan fingerprint density at radius 3 is 2.59 bits per heavy atom. The standard InChI is InChI=1S/C25H25F3N4O2/c1-16-2-4-20(27)17(12-16)14-31-7-6-22-19(15-31)24(34-23-5-3-18(26)13-21(23)28)30-25(29-22)32-8-10-33-11-9-32/h2-5,12-13H,6-11,14-15H2,1H3. The van der Waals surface area contributed by atoms with Crippen molar-refractivity contribution in [2.24, 2.45) is 0 Å². The van der Waals surface area contributed by atoms with E-state index in [1.165, 1.54) is 12.1 Å². The first kappa shape index (κ1) is 22.6. The second kappa shape index (κ2) is 9.60. The van der Waals surface area contributed by atoms with E-state index < -0.39 is 11.6 Å². The first-order chi connectivity index (χ1) is 16.5. The fourth-order valence-electron chi connectivity index (χ4n) is 4.28. The van der Waals surface area contributed by atoms with E-state index in [0.29, 0.717) is 63.9 Å². The van der Waals surface area contributed by atoms with Gasteiger partial charge in [-0.3, -0.25) is 4.90 Å². The molecule has 0 unspecified atom stereocenters. The number of ether oxygens (including phenoxy) is 2. The van der Waals surface area contributed by atoms with E-state index in [0.717, 1.165) is 29.0 Å². The Hall–Kier alpha value is -3.17. The number of aromatic nitrogens is 2. The van der Waals surface area contributed by atoms with Crippen LogP contribution < -0.4 is 9.64 Å². The second-order valence-electron chi connectivity index (χ2n) is 8.59. The van der Waals surface area contributed by atoms with Gasteiger partial charge in [0.15, 0.2) is 11.6 Å². The van der Waals surface area contributed by atoms with Crippen molar-refractivity contribution in [2.75, 3.05) is 37.7 Å². The van der Waals surface area contributed by atoms with E-state index in [2.05, 4.69) is 9.88 Å². The minimum absolute atomic E-state index is 0.114. The van der Waals surface area contributed by atoms with Crippen LogP contribution in [0.1, 0.15) is 22.4 Å². The summed E-state index contributed by atoms with van der Waals surface area (Å²) in [7, 11) is 0. The molecule has 0 bridgehead atoms. The summed E-state index contributed by atoms with van der Waals surface area (Å²) in [5.74, 6) is -1.13. The lowest BCUT2D eigenvalue weighted by molar-refractivity contribution is 0.122. The Labute approximate surface area is 196 Å². The highest BCUT2D eigenvalue weighted by atomic mass is 19.1. The Morgan fingerprint density at radius 2 is 1.79 bits per heavy atom. The first-order valence-electron chi connectivity index (χ1n) is 11.3. The van der Waals surface area contributed by atoms with Gasteiger partial charge in [-0.2, -0.15) is 4.98 Å². The van der Waals surface area contributed by atoms with Crippen molar-refractivity contribution in [1.82, 2.24) is 14.9 Å². The Morgan fingerprint density at radius 1 is 0.971 bits per heavy atom. The second-order valence-corrected chi connectivity index (χ2v) is 8.59. The van der Waals surface area contributed by atoms with E-state index >= 15 is 0 Å². The molecule has 3 aromatic rings. The number of benzene rings is 2. The maximum atomic E-state index is 14.4. The van der Waals surface area contributed by atoms with Crippen molar-refractivity contribution in [3.63, 3.8) is 0 Å². The minimum Gasteiger partial charge on any atom is -0.435 e. The average Bonchev–Trinajstić information content (AvgIpc) is 2.84. The predicted octanol–water partition coefficient (Wildman–Crippen LogP) is 4.39. The normalized spacial score (nSPS) is 16.4. The quantitative estimate of drug-likeness (QED) is 0.552. The molecule has 2 aliphatic rings. The molecule has 1 fully saturated rings. The molecule has 3 heterocycles. The number of morpholine rings is 1. The van der Waals surface area contributed by atoms with Crippen molar-refractivity contribution in [3.8, 4) is 11.6 Å². The summed E-state index contributed by atoms with van der Waals surface area (Å²) >= 11 is 0. The third-order valence-corrected chi connectivity index (χ3v) is 6.08. The average molecular weight is 470 g/mol. The van der Waals surface area contributed by atoms with Gasteiger partial charge < -0.3 is 14.4 Å². The lowest BCUT2D eigenvalue weighted by atomic mass is 10.0. The van der Waals surface area contributed by atoms with Gasteiger partial charge in [-0.15, -0.1) is 0 Å². The van der Waals surface area contributed by atoms with Crippen LogP contribution in [0, 0.1) is 24.4 Å². The summed E-state index contributed by atoms with van der Waals surface area (Å²) in [5.41, 5.74) is 3.14. The van der Waals surface area contributed by atoms with E-state index in [-0.39, 0.29) is 17.4 Å². The number of anilines is 1. The minimum atomic E-state index is -0.810. The maximum absolute atomic E-state index is 14.4. The highest BCUT2D eigenvalue weighted by molar-refractivity contribution is 5.44. The van der Waals surface area contributed by atoms with Crippen molar-refractivity contribution in [3.05, 3.63) is 76.2 Å². The van der Waals surface area contributed by atoms with Gasteiger partial charge in [0.1, 0.15) is 11.6 Å². The number of halogens is 3. The van der Waals surface area contributed by atoms with Gasteiger partial charge in [-0.05, 0) is 25.1 Å². The number of rotatable bonds is 5. The van der Waals surface area contributed by atoms with E-state index in [1.54, 1.807) is 6.07 Å². The molecule has 0 radical (unpaired) electrons. The van der Waals surface area contributed by atoms with Crippen LogP contribution in [0.3, 0.4) is 0 Å². The van der Waals surface area contributed by atoms with Gasteiger partial charge in [0.2, 0.25) is 11.8 Å². The third kappa shape index (κ3) is 4.85. The number of aryl methyl sites for hydroxylation is 1. The van der Waals surface area contributed by atoms with Crippen LogP contribution in [0.5, 0.6) is 11.6 Å². The molecule has 9 heteroatoms. The highest BCUT2D eigenvalue weighted by Crippen LogP contribution is 2.33. The molecule has 1 saturated heterocycles. The largest absolute Gasteiger partial charge is 0.435 e. The SMILES string of the molecule is Cc1ccc(F)c(CN2CCc3nc(N4CCOCC4)nc(Oc4ccc(F)cc4F)c3C2)c1. The van der Waals surface area contributed by atoms with Crippen molar-refractivity contribution >= 4 is 5.95 Å². The van der Waals surface area contributed by atoms with Gasteiger partial charge in [-0.25, -0.2) is 18.2 Å². The molecule has 0 spiro atoms. The van der Waals surface area contributed by atoms with Crippen LogP contribution in [-0.2, 0) is 24.2 Å². The summed E-state index contributed by atoms with van der Waals surface area (Å²) in [6, 6.07) is 8.23. The molecule has 0 amide bonds. The molecule has 6 nitrogen and oxygen atoms in total. The van der Waals surface area contributed by atoms with Crippen LogP contribution >= 0.6 is 0 Å². The van der Waals surface area contributed by atoms with E-state index in [4.69, 9.17) is 14.5 Å². The summed E-state index contributed by atoms with van der Waals surface area (Å²) in [5, 5.41) is 0. The highest BCUT2D eigenvalue weighted by Gasteiger charge is 2.27. The number of hydrogen-bond acceptors (Lipinski definition) is 6. The molecule has 0 aliphatic carbocycles. The van der Waals surface area contributed by atoms with Gasteiger partial charge in [0.25, 0.3) is 0 Å². The zero-order valence-corrected chi connectivity index (χ0v) is 18.9. The monoisotopic (exact) mass is 470 g/mol. The van der Waals surface area contributed by atoms with Gasteiger partial charge in [-0.1, -0.05) is 17.7 Å². The maximum Gasteiger partial charge on any atom is 0.229 e. The molecule has 0 saturated carbocycles. The number of fused-ring (bicyclic) bond motifs is 1. The zero-order chi connectivity index (χ0) is 23.7. The van der Waals surface area contributed by atoms with Gasteiger partial charge in [0.05, 0.1) is 24.5 Å². The summed E-state index contributed by atoms with van der Waals surface area (Å²) < 4.78 is 53.5. The molecular weight excluding hydrogens is 445 g/mol. The molecule has 2 aliphatic heterocycles. The molecule has 178 valence electrons. The van der Waals surface area contributed by atoms with Crippen LogP contribution in [0.25, 0.3) is 0 Å². The third-order valence-electron chi connectivity index (χ3n) is 6.08. The Bertz CT molecular complexity index is 1200. The fraction of sp³-hybridized carbons (Fsp3) is 0.360. The molecule has 0 atom stereocenters. The lowest BCUT2D eigenvalue weighted by Gasteiger charge is -2.32. The molecule has 0 N–H and O–H groups in total. The predicted molar refractivity (Wildman–Crippen MR) is 120 cm³/mol. The van der Waals surface area contributed by atoms with Crippen molar-refractivity contribution < 1.29 is 22.6 Å². The smallest absolute Gasteiger partial charge is 0.229 e. The molecule has 1 aromatic heterocycles. The summed E-state index contributed by atoms with van der Waals surface area (Å²) in [6.07, 6.45) is 0.616. The van der Waals surface area contributed by atoms with E-state index in [1.807, 2.05) is 17.9 Å². The van der Waals surface area contributed by atoms with Crippen LogP contribution in [-0.4, -0.2) is 47.7 Å². The summed E-state index contributed by atoms with van der Waals surface area (Å²) in [6.45, 7) is 5.87. The molecule has 2 aromatic carbocycles. The zero-order valence-electron chi connectivity index (χ0n) is 18.9. The fourth-order valence-corrected chi connectivity index (χ4v) is 4.28. The van der Waals surface area contributed by atoms with Gasteiger partial charge in [0, 0.05) is 50.8 Å². The van der Waals surface area contributed by atoms with Crippen LogP contribution in [0.4, 0.5) is 19.1 Å². The van der Waals surface area contributed by atoms with Crippen LogP contribution in [0.15, 0.2) is 36.4 Å². The van der Waals surface area contributed by atoms with E-state index in [9.17, 15) is 13.2 Å². The molecule has 5 rings (SSSR count). The molecule has 34 heavy (non-hydrogen) atoms. The summed E-state index contributed by atoms with van der Waals surface area (Å²) in [4.78, 5) is 13.5. The van der Waals surface area contributed by atoms with Gasteiger partial charge >= 0.3 is 0 Å². The lowest BCUT2D eigenvalue weighted by Crippen LogP contribution is -2.38. The number of hydrogen-bond donors (Lipinski definition) is 0. The Kier molecular flexibility index (Phi) is 6.38. The van der Waals surface area contributed by atoms with Crippen molar-refractivity contribution in [2.45, 2.75) is 26.4 Å². The number of nitrogens with zero attached hydrogens (tertiary/aromatic N) is 4. The van der Waals surface area contributed by atoms with Crippen LogP contribution in [0.2, 0.25) is 0 Å². The van der Waals surface area contributed by atoms with Crippen molar-refractivity contribution in [1.29, 1.82) is 0 Å².